The number of halogens is 1. The molecule has 9 heteroatoms. The molecule has 0 radical (unpaired) electrons. The molecule has 37 heavy (non-hydrogen) atoms. The Hall–Kier alpha value is -2.03. The molecule has 1 amide bonds. The standard InChI is InChI=1S/C28H35ClN4O3S/c1-27(2,28-12-19-9-20(13-28)11-21(10-19)14-28)26(34)32-25-23-7-8-33(15-24(23)30-17-31-25)37(35,36)16-18-3-5-22(29)6-4-18/h3-6,17,19-21H,7-16H2,1-2H3,(H,30,31,32,34). The number of amides is 1. The van der Waals surface area contributed by atoms with Gasteiger partial charge in [-0.05, 0) is 85.8 Å². The minimum Gasteiger partial charge on any atom is -0.310 e. The van der Waals surface area contributed by atoms with Gasteiger partial charge in [0.1, 0.15) is 12.1 Å². The molecule has 4 aliphatic carbocycles. The summed E-state index contributed by atoms with van der Waals surface area (Å²) in [6, 6.07) is 6.87. The predicted octanol–water partition coefficient (Wildman–Crippen LogP) is 5.20. The van der Waals surface area contributed by atoms with Crippen LogP contribution < -0.4 is 5.32 Å². The second kappa shape index (κ2) is 9.02. The summed E-state index contributed by atoms with van der Waals surface area (Å²) in [5, 5.41) is 3.74. The van der Waals surface area contributed by atoms with Gasteiger partial charge in [-0.3, -0.25) is 4.79 Å². The van der Waals surface area contributed by atoms with Gasteiger partial charge >= 0.3 is 0 Å². The van der Waals surface area contributed by atoms with Crippen LogP contribution in [0.15, 0.2) is 30.6 Å². The van der Waals surface area contributed by atoms with E-state index in [-0.39, 0.29) is 23.6 Å². The van der Waals surface area contributed by atoms with E-state index in [9.17, 15) is 13.2 Å². The van der Waals surface area contributed by atoms with Gasteiger partial charge in [0.25, 0.3) is 0 Å². The zero-order valence-corrected chi connectivity index (χ0v) is 23.1. The molecule has 7 rings (SSSR count). The number of nitrogens with one attached hydrogen (secondary N) is 1. The summed E-state index contributed by atoms with van der Waals surface area (Å²) in [6.07, 6.45) is 9.38. The average molecular weight is 543 g/mol. The predicted molar refractivity (Wildman–Crippen MR) is 143 cm³/mol. The third-order valence-corrected chi connectivity index (χ3v) is 11.8. The maximum Gasteiger partial charge on any atom is 0.231 e. The molecule has 198 valence electrons. The number of sulfonamides is 1. The Morgan fingerprint density at radius 2 is 1.70 bits per heavy atom. The number of fused-ring (bicyclic) bond motifs is 1. The van der Waals surface area contributed by atoms with Crippen molar-refractivity contribution < 1.29 is 13.2 Å². The highest BCUT2D eigenvalue weighted by Gasteiger charge is 2.59. The number of nitrogens with zero attached hydrogens (tertiary/aromatic N) is 3. The molecule has 4 fully saturated rings. The van der Waals surface area contributed by atoms with Gasteiger partial charge in [-0.25, -0.2) is 18.4 Å². The van der Waals surface area contributed by atoms with Gasteiger partial charge < -0.3 is 5.32 Å². The maximum absolute atomic E-state index is 13.8. The first-order chi connectivity index (χ1) is 17.5. The molecule has 2 aromatic rings. The molecule has 0 spiro atoms. The number of rotatable bonds is 6. The fourth-order valence-electron chi connectivity index (χ4n) is 7.94. The van der Waals surface area contributed by atoms with Crippen LogP contribution in [0.4, 0.5) is 5.82 Å². The molecule has 5 aliphatic rings. The van der Waals surface area contributed by atoms with Crippen molar-refractivity contribution in [2.45, 2.75) is 71.1 Å². The van der Waals surface area contributed by atoms with Crippen molar-refractivity contribution in [3.63, 3.8) is 0 Å². The lowest BCUT2D eigenvalue weighted by Crippen LogP contribution is -2.56. The van der Waals surface area contributed by atoms with Crippen LogP contribution in [-0.2, 0) is 33.5 Å². The van der Waals surface area contributed by atoms with Crippen LogP contribution in [0.3, 0.4) is 0 Å². The van der Waals surface area contributed by atoms with Gasteiger partial charge in [-0.15, -0.1) is 0 Å². The van der Waals surface area contributed by atoms with E-state index >= 15 is 0 Å². The number of benzene rings is 1. The summed E-state index contributed by atoms with van der Waals surface area (Å²) in [5.74, 6) is 2.77. The largest absolute Gasteiger partial charge is 0.310 e. The van der Waals surface area contributed by atoms with Crippen LogP contribution in [0.25, 0.3) is 0 Å². The molecular weight excluding hydrogens is 508 g/mol. The summed E-state index contributed by atoms with van der Waals surface area (Å²) in [6.45, 7) is 4.74. The normalized spacial score (nSPS) is 29.2. The van der Waals surface area contributed by atoms with Crippen LogP contribution in [0.1, 0.15) is 69.2 Å². The summed E-state index contributed by atoms with van der Waals surface area (Å²) in [7, 11) is -3.53. The minimum absolute atomic E-state index is 0.0214. The quantitative estimate of drug-likeness (QED) is 0.541. The van der Waals surface area contributed by atoms with Crippen LogP contribution in [-0.4, -0.2) is 35.1 Å². The third-order valence-electron chi connectivity index (χ3n) is 9.79. The Morgan fingerprint density at radius 1 is 1.08 bits per heavy atom. The van der Waals surface area contributed by atoms with E-state index in [1.165, 1.54) is 29.9 Å². The van der Waals surface area contributed by atoms with Crippen LogP contribution >= 0.6 is 11.6 Å². The summed E-state index contributed by atoms with van der Waals surface area (Å²) < 4.78 is 27.7. The van der Waals surface area contributed by atoms with Crippen molar-refractivity contribution >= 4 is 33.3 Å². The van der Waals surface area contributed by atoms with Crippen molar-refractivity contribution in [3.8, 4) is 0 Å². The van der Waals surface area contributed by atoms with Crippen molar-refractivity contribution in [2.24, 2.45) is 28.6 Å². The van der Waals surface area contributed by atoms with Crippen molar-refractivity contribution in [1.29, 1.82) is 0 Å². The number of hydrogen-bond acceptors (Lipinski definition) is 5. The monoisotopic (exact) mass is 542 g/mol. The molecule has 1 aromatic heterocycles. The van der Waals surface area contributed by atoms with Crippen molar-refractivity contribution in [2.75, 3.05) is 11.9 Å². The number of aromatic nitrogens is 2. The Balaban J connectivity index is 1.18. The SMILES string of the molecule is CC(C)(C(=O)Nc1ncnc2c1CCN(S(=O)(=O)Cc1ccc(Cl)cc1)C2)C12CC3CC(CC(C3)C1)C2. The molecule has 0 atom stereocenters. The van der Waals surface area contributed by atoms with E-state index < -0.39 is 15.4 Å². The highest BCUT2D eigenvalue weighted by molar-refractivity contribution is 7.88. The van der Waals surface area contributed by atoms with E-state index in [0.717, 1.165) is 42.6 Å². The molecule has 1 aromatic carbocycles. The Kier molecular flexibility index (Phi) is 6.16. The first-order valence-corrected chi connectivity index (χ1v) is 15.4. The van der Waals surface area contributed by atoms with Crippen molar-refractivity contribution in [3.05, 3.63) is 52.4 Å². The Bertz CT molecular complexity index is 1290. The highest BCUT2D eigenvalue weighted by Crippen LogP contribution is 2.66. The van der Waals surface area contributed by atoms with Crippen LogP contribution in [0, 0.1) is 28.6 Å². The van der Waals surface area contributed by atoms with E-state index in [4.69, 9.17) is 11.6 Å². The van der Waals surface area contributed by atoms with Gasteiger partial charge in [-0.1, -0.05) is 37.6 Å². The van der Waals surface area contributed by atoms with E-state index in [1.807, 2.05) is 0 Å². The van der Waals surface area contributed by atoms with Gasteiger partial charge in [0.15, 0.2) is 0 Å². The first kappa shape index (κ1) is 25.3. The Morgan fingerprint density at radius 3 is 2.32 bits per heavy atom. The van der Waals surface area contributed by atoms with Gasteiger partial charge in [0.05, 0.1) is 18.0 Å². The third kappa shape index (κ3) is 4.49. The lowest BCUT2D eigenvalue weighted by molar-refractivity contribution is -0.151. The molecule has 1 aliphatic heterocycles. The smallest absolute Gasteiger partial charge is 0.231 e. The molecule has 4 bridgehead atoms. The second-order valence-corrected chi connectivity index (χ2v) is 14.8. The molecule has 1 N–H and O–H groups in total. The average Bonchev–Trinajstić information content (AvgIpc) is 2.84. The molecule has 2 heterocycles. The Labute approximate surface area is 224 Å². The van der Waals surface area contributed by atoms with Crippen LogP contribution in [0.2, 0.25) is 5.02 Å². The number of hydrogen-bond donors (Lipinski definition) is 1. The maximum atomic E-state index is 13.8. The summed E-state index contributed by atoms with van der Waals surface area (Å²) in [5.41, 5.74) is 1.76. The van der Waals surface area contributed by atoms with E-state index in [1.54, 1.807) is 24.3 Å². The van der Waals surface area contributed by atoms with Gasteiger partial charge in [-0.2, -0.15) is 4.31 Å². The zero-order chi connectivity index (χ0) is 26.0. The second-order valence-electron chi connectivity index (χ2n) is 12.4. The van der Waals surface area contributed by atoms with Crippen molar-refractivity contribution in [1.82, 2.24) is 14.3 Å². The van der Waals surface area contributed by atoms with Gasteiger partial charge in [0, 0.05) is 22.5 Å². The fourth-order valence-corrected chi connectivity index (χ4v) is 9.55. The lowest BCUT2D eigenvalue weighted by Gasteiger charge is -2.61. The molecule has 4 saturated carbocycles. The highest BCUT2D eigenvalue weighted by atomic mass is 35.5. The van der Waals surface area contributed by atoms with Gasteiger partial charge in [0.2, 0.25) is 15.9 Å². The van der Waals surface area contributed by atoms with Crippen LogP contribution in [0.5, 0.6) is 0 Å². The zero-order valence-electron chi connectivity index (χ0n) is 21.5. The first-order valence-electron chi connectivity index (χ1n) is 13.4. The molecule has 7 nitrogen and oxygen atoms in total. The topological polar surface area (TPSA) is 92.3 Å². The molecule has 0 unspecified atom stereocenters. The van der Waals surface area contributed by atoms with E-state index in [2.05, 4.69) is 29.1 Å². The number of carbonyl (C=O) groups is 1. The number of carbonyl (C=O) groups excluding carboxylic acids is 1. The summed E-state index contributed by atoms with van der Waals surface area (Å²) in [4.78, 5) is 22.6. The molecular formula is C28H35ClN4O3S. The lowest BCUT2D eigenvalue weighted by atomic mass is 9.43. The minimum atomic E-state index is -3.53. The fraction of sp³-hybridized carbons (Fsp3) is 0.607. The molecule has 0 saturated heterocycles. The van der Waals surface area contributed by atoms with E-state index in [0.29, 0.717) is 35.1 Å². The summed E-state index contributed by atoms with van der Waals surface area (Å²) >= 11 is 5.94. The number of anilines is 1.